The molecule has 3 unspecified atom stereocenters. The van der Waals surface area contributed by atoms with Crippen molar-refractivity contribution in [3.63, 3.8) is 0 Å². The molecule has 3 N–H and O–H groups in total. The van der Waals surface area contributed by atoms with E-state index < -0.39 is 7.82 Å². The summed E-state index contributed by atoms with van der Waals surface area (Å²) in [6.45, 7) is 6.74. The third-order valence-corrected chi connectivity index (χ3v) is 9.48. The van der Waals surface area contributed by atoms with Gasteiger partial charge >= 0.3 is 7.82 Å². The lowest BCUT2D eigenvalue weighted by Crippen LogP contribution is -2.35. The number of rotatable bonds is 33. The number of phosphoric acid groups is 1. The van der Waals surface area contributed by atoms with Gasteiger partial charge in [0.05, 0.1) is 0 Å². The molecule has 0 amide bonds. The summed E-state index contributed by atoms with van der Waals surface area (Å²) in [5, 5.41) is 9.63. The third kappa shape index (κ3) is 25.1. The van der Waals surface area contributed by atoms with Gasteiger partial charge in [0.2, 0.25) is 0 Å². The van der Waals surface area contributed by atoms with E-state index in [1.54, 1.807) is 0 Å². The lowest BCUT2D eigenvalue weighted by molar-refractivity contribution is 0.00486. The number of hydrogen-bond donors (Lipinski definition) is 3. The van der Waals surface area contributed by atoms with Crippen LogP contribution in [0.3, 0.4) is 0 Å². The lowest BCUT2D eigenvalue weighted by atomic mass is 10.1. The van der Waals surface area contributed by atoms with Crippen LogP contribution in [0.1, 0.15) is 175 Å². The summed E-state index contributed by atoms with van der Waals surface area (Å²) < 4.78 is 32.6. The maximum absolute atomic E-state index is 14.2. The zero-order valence-corrected chi connectivity index (χ0v) is 29.2. The molecule has 248 valence electrons. The first-order valence-electron chi connectivity index (χ1n) is 17.6. The second kappa shape index (κ2) is 30.0. The molecule has 0 bridgehead atoms. The second-order valence-electron chi connectivity index (χ2n) is 11.8. The monoisotopic (exact) mass is 606 g/mol. The van der Waals surface area contributed by atoms with Gasteiger partial charge in [0.15, 0.2) is 0 Å². The van der Waals surface area contributed by atoms with Crippen LogP contribution in [-0.2, 0) is 18.1 Å². The highest BCUT2D eigenvalue weighted by atomic mass is 31.2. The molecular formula is C33H72N3O4P. The van der Waals surface area contributed by atoms with E-state index >= 15 is 0 Å². The Morgan fingerprint density at radius 2 is 0.634 bits per heavy atom. The van der Waals surface area contributed by atoms with Crippen molar-refractivity contribution >= 4 is 7.82 Å². The molecule has 3 atom stereocenters. The van der Waals surface area contributed by atoms with Gasteiger partial charge in [-0.15, -0.1) is 0 Å². The minimum Gasteiger partial charge on any atom is -0.295 e. The van der Waals surface area contributed by atoms with Crippen LogP contribution in [0.4, 0.5) is 0 Å². The quantitative estimate of drug-likeness (QED) is 0.0390. The molecule has 0 fully saturated rings. The van der Waals surface area contributed by atoms with Gasteiger partial charge in [0.25, 0.3) is 0 Å². The van der Waals surface area contributed by atoms with E-state index in [1.807, 2.05) is 21.1 Å². The van der Waals surface area contributed by atoms with Crippen LogP contribution in [0.25, 0.3) is 0 Å². The van der Waals surface area contributed by atoms with E-state index in [2.05, 4.69) is 36.7 Å². The molecule has 0 radical (unpaired) electrons. The summed E-state index contributed by atoms with van der Waals surface area (Å²) in [6, 6.07) is 0. The summed E-state index contributed by atoms with van der Waals surface area (Å²) >= 11 is 0. The van der Waals surface area contributed by atoms with Crippen molar-refractivity contribution in [2.75, 3.05) is 21.1 Å². The molecule has 41 heavy (non-hydrogen) atoms. The molecule has 0 saturated carbocycles. The van der Waals surface area contributed by atoms with E-state index in [9.17, 15) is 4.57 Å². The molecule has 8 heteroatoms. The van der Waals surface area contributed by atoms with Crippen LogP contribution in [0.2, 0.25) is 0 Å². The van der Waals surface area contributed by atoms with Crippen molar-refractivity contribution in [3.05, 3.63) is 0 Å². The third-order valence-electron chi connectivity index (χ3n) is 7.94. The Bertz CT molecular complexity index is 509. The van der Waals surface area contributed by atoms with E-state index in [4.69, 9.17) is 13.6 Å². The fourth-order valence-corrected chi connectivity index (χ4v) is 6.87. The normalized spacial score (nSPS) is 15.6. The Morgan fingerprint density at radius 3 is 0.854 bits per heavy atom. The molecule has 0 saturated heterocycles. The van der Waals surface area contributed by atoms with E-state index in [1.165, 1.54) is 96.3 Å². The van der Waals surface area contributed by atoms with Crippen LogP contribution in [-0.4, -0.2) is 39.8 Å². The van der Waals surface area contributed by atoms with Crippen LogP contribution in [0.5, 0.6) is 0 Å². The minimum absolute atomic E-state index is 0.372. The molecule has 0 aliphatic heterocycles. The van der Waals surface area contributed by atoms with Crippen molar-refractivity contribution < 1.29 is 18.1 Å². The molecule has 0 spiro atoms. The van der Waals surface area contributed by atoms with Crippen molar-refractivity contribution in [3.8, 4) is 0 Å². The molecule has 7 nitrogen and oxygen atoms in total. The highest BCUT2D eigenvalue weighted by Gasteiger charge is 2.36. The zero-order chi connectivity index (χ0) is 30.4. The highest BCUT2D eigenvalue weighted by Crippen LogP contribution is 2.53. The van der Waals surface area contributed by atoms with E-state index in [-0.39, 0.29) is 18.7 Å². The first kappa shape index (κ1) is 41.0. The van der Waals surface area contributed by atoms with Gasteiger partial charge in [-0.2, -0.15) is 0 Å². The Kier molecular flexibility index (Phi) is 30.0. The minimum atomic E-state index is -3.84. The molecule has 0 aromatic carbocycles. The summed E-state index contributed by atoms with van der Waals surface area (Å²) in [5.41, 5.74) is 0. The Balaban J connectivity index is 5.03. The molecule has 0 aromatic rings. The number of hydrogen-bond acceptors (Lipinski definition) is 7. The maximum Gasteiger partial charge on any atom is 0.479 e. The van der Waals surface area contributed by atoms with Gasteiger partial charge in [0, 0.05) is 0 Å². The van der Waals surface area contributed by atoms with Crippen LogP contribution < -0.4 is 16.0 Å². The SMILES string of the molecule is CCCCCCCCCC(NC)OP(=O)(OC(CCCCCCCCC)NC)OC(CCCCCCCCC)NC. The van der Waals surface area contributed by atoms with Crippen LogP contribution in [0.15, 0.2) is 0 Å². The average molecular weight is 606 g/mol. The van der Waals surface area contributed by atoms with E-state index in [0.29, 0.717) is 0 Å². The summed E-state index contributed by atoms with van der Waals surface area (Å²) in [7, 11) is 1.74. The predicted molar refractivity (Wildman–Crippen MR) is 177 cm³/mol. The van der Waals surface area contributed by atoms with Gasteiger partial charge in [-0.3, -0.25) is 29.5 Å². The summed E-state index contributed by atoms with van der Waals surface area (Å²) in [4.78, 5) is 0. The zero-order valence-electron chi connectivity index (χ0n) is 28.3. The largest absolute Gasteiger partial charge is 0.479 e. The maximum atomic E-state index is 14.2. The standard InChI is InChI=1S/C33H72N3O4P/c1-7-10-13-16-19-22-25-28-31(34-4)38-41(37,39-32(35-5)29-26-23-20-17-14-11-8-2)40-33(36-6)30-27-24-21-18-15-12-9-3/h31-36H,7-30H2,1-6H3. The summed E-state index contributed by atoms with van der Waals surface area (Å²) in [6.07, 6.45) is 27.1. The molecular weight excluding hydrogens is 533 g/mol. The number of nitrogens with one attached hydrogen (secondary N) is 3. The second-order valence-corrected chi connectivity index (χ2v) is 13.4. The van der Waals surface area contributed by atoms with Gasteiger partial charge in [0.1, 0.15) is 18.7 Å². The fourth-order valence-electron chi connectivity index (χ4n) is 5.15. The lowest BCUT2D eigenvalue weighted by Gasteiger charge is -2.30. The van der Waals surface area contributed by atoms with Crippen molar-refractivity contribution in [2.24, 2.45) is 0 Å². The van der Waals surface area contributed by atoms with Crippen LogP contribution in [0, 0.1) is 0 Å². The first-order valence-corrected chi connectivity index (χ1v) is 19.1. The van der Waals surface area contributed by atoms with Crippen LogP contribution >= 0.6 is 7.82 Å². The predicted octanol–water partition coefficient (Wildman–Crippen LogP) is 10.2. The van der Waals surface area contributed by atoms with Gasteiger partial charge in [-0.25, -0.2) is 4.57 Å². The number of phosphoric ester groups is 1. The first-order chi connectivity index (χ1) is 20.0. The number of unbranched alkanes of at least 4 members (excludes halogenated alkanes) is 18. The van der Waals surface area contributed by atoms with Crippen molar-refractivity contribution in [1.29, 1.82) is 0 Å². The smallest absolute Gasteiger partial charge is 0.295 e. The Morgan fingerprint density at radius 1 is 0.415 bits per heavy atom. The van der Waals surface area contributed by atoms with Crippen molar-refractivity contribution in [2.45, 2.75) is 194 Å². The summed E-state index contributed by atoms with van der Waals surface area (Å²) in [5.74, 6) is 0. The van der Waals surface area contributed by atoms with Gasteiger partial charge in [-0.05, 0) is 59.7 Å². The van der Waals surface area contributed by atoms with Crippen molar-refractivity contribution in [1.82, 2.24) is 16.0 Å². The Labute approximate surface area is 256 Å². The average Bonchev–Trinajstić information content (AvgIpc) is 2.97. The topological polar surface area (TPSA) is 80.9 Å². The highest BCUT2D eigenvalue weighted by molar-refractivity contribution is 7.48. The fraction of sp³-hybridized carbons (Fsp3) is 1.00. The van der Waals surface area contributed by atoms with Gasteiger partial charge in [-0.1, -0.05) is 136 Å². The molecule has 0 aliphatic rings. The molecule has 0 heterocycles. The van der Waals surface area contributed by atoms with E-state index in [0.717, 1.165) is 57.8 Å². The molecule has 0 rings (SSSR count). The van der Waals surface area contributed by atoms with Gasteiger partial charge < -0.3 is 0 Å². The molecule has 0 aromatic heterocycles. The Hall–Kier alpha value is -0.0100. The molecule has 0 aliphatic carbocycles.